The van der Waals surface area contributed by atoms with Gasteiger partial charge in [0.15, 0.2) is 0 Å². The van der Waals surface area contributed by atoms with Crippen LogP contribution in [0.3, 0.4) is 0 Å². The summed E-state index contributed by atoms with van der Waals surface area (Å²) in [5.41, 5.74) is 5.77. The first kappa shape index (κ1) is 14.8. The molecule has 1 unspecified atom stereocenters. The topological polar surface area (TPSA) is 63.4 Å². The van der Waals surface area contributed by atoms with Crippen LogP contribution in [0, 0.1) is 5.82 Å². The highest BCUT2D eigenvalue weighted by atomic mass is 32.2. The van der Waals surface area contributed by atoms with E-state index in [1.54, 1.807) is 6.92 Å². The monoisotopic (exact) mass is 290 g/mol. The number of anilines is 1. The van der Waals surface area contributed by atoms with Crippen molar-refractivity contribution in [2.45, 2.75) is 19.1 Å². The second-order valence-corrected chi connectivity index (χ2v) is 6.38. The highest BCUT2D eigenvalue weighted by molar-refractivity contribution is 7.95. The number of rotatable bonds is 5. The van der Waals surface area contributed by atoms with Gasteiger partial charge in [-0.1, -0.05) is 12.2 Å². The Bertz CT molecular complexity index is 528. The van der Waals surface area contributed by atoms with Crippen LogP contribution in [0.4, 0.5) is 10.1 Å². The van der Waals surface area contributed by atoms with Gasteiger partial charge >= 0.3 is 0 Å². The Morgan fingerprint density at radius 2 is 1.94 bits per heavy atom. The van der Waals surface area contributed by atoms with Crippen molar-refractivity contribution in [1.29, 1.82) is 0 Å². The first-order valence-corrected chi connectivity index (χ1v) is 7.28. The van der Waals surface area contributed by atoms with E-state index in [1.807, 2.05) is 0 Å². The number of nitrogens with two attached hydrogens (primary N) is 1. The Morgan fingerprint density at radius 1 is 1.44 bits per heavy atom. The summed E-state index contributed by atoms with van der Waals surface area (Å²) >= 11 is 4.72. The quantitative estimate of drug-likeness (QED) is 0.838. The zero-order valence-corrected chi connectivity index (χ0v) is 11.8. The molecule has 7 heteroatoms. The molecule has 0 aliphatic carbocycles. The molecule has 1 aromatic carbocycles. The van der Waals surface area contributed by atoms with Crippen LogP contribution in [0.15, 0.2) is 24.3 Å². The van der Waals surface area contributed by atoms with Gasteiger partial charge in [0.05, 0.1) is 10.7 Å². The molecule has 0 aromatic heterocycles. The van der Waals surface area contributed by atoms with Gasteiger partial charge in [0.25, 0.3) is 0 Å². The van der Waals surface area contributed by atoms with Crippen molar-refractivity contribution in [2.24, 2.45) is 5.73 Å². The van der Waals surface area contributed by atoms with Crippen molar-refractivity contribution < 1.29 is 12.8 Å². The van der Waals surface area contributed by atoms with Crippen LogP contribution in [0.2, 0.25) is 0 Å². The molecule has 0 saturated heterocycles. The predicted octanol–water partition coefficient (Wildman–Crippen LogP) is 1.66. The maximum atomic E-state index is 12.8. The van der Waals surface area contributed by atoms with E-state index in [0.717, 1.165) is 4.31 Å². The van der Waals surface area contributed by atoms with Gasteiger partial charge in [-0.05, 0) is 38.1 Å². The Balaban J connectivity index is 3.18. The van der Waals surface area contributed by atoms with E-state index in [4.69, 9.17) is 18.0 Å². The first-order valence-electron chi connectivity index (χ1n) is 5.37. The second-order valence-electron chi connectivity index (χ2n) is 3.73. The standard InChI is InChI=1S/C11H15FN2O2S2/c1-3-14(10-6-4-9(12)5-7-10)18(15,16)8(2)11(13)17/h4-8H,3H2,1-2H3,(H2,13,17). The van der Waals surface area contributed by atoms with Crippen molar-refractivity contribution in [3.8, 4) is 0 Å². The summed E-state index contributed by atoms with van der Waals surface area (Å²) in [7, 11) is -3.67. The summed E-state index contributed by atoms with van der Waals surface area (Å²) in [6.07, 6.45) is 0. The largest absolute Gasteiger partial charge is 0.392 e. The minimum Gasteiger partial charge on any atom is -0.392 e. The van der Waals surface area contributed by atoms with Gasteiger partial charge in [-0.15, -0.1) is 0 Å². The van der Waals surface area contributed by atoms with Crippen LogP contribution in [0.25, 0.3) is 0 Å². The summed E-state index contributed by atoms with van der Waals surface area (Å²) < 4.78 is 38.5. The van der Waals surface area contributed by atoms with Crippen molar-refractivity contribution in [3.05, 3.63) is 30.1 Å². The van der Waals surface area contributed by atoms with E-state index in [-0.39, 0.29) is 11.5 Å². The van der Waals surface area contributed by atoms with Crippen LogP contribution >= 0.6 is 12.2 Å². The maximum absolute atomic E-state index is 12.8. The molecular weight excluding hydrogens is 275 g/mol. The third-order valence-corrected chi connectivity index (χ3v) is 5.29. The van der Waals surface area contributed by atoms with Gasteiger partial charge in [0.2, 0.25) is 10.0 Å². The van der Waals surface area contributed by atoms with Gasteiger partial charge in [-0.2, -0.15) is 0 Å². The Kier molecular flexibility index (Phi) is 4.64. The molecule has 0 heterocycles. The molecule has 0 amide bonds. The number of hydrogen-bond acceptors (Lipinski definition) is 3. The van der Waals surface area contributed by atoms with Gasteiger partial charge in [0.1, 0.15) is 11.1 Å². The Morgan fingerprint density at radius 3 is 2.33 bits per heavy atom. The molecule has 1 aromatic rings. The van der Waals surface area contributed by atoms with Crippen LogP contribution in [-0.2, 0) is 10.0 Å². The molecule has 100 valence electrons. The molecule has 2 N–H and O–H groups in total. The maximum Gasteiger partial charge on any atom is 0.244 e. The summed E-state index contributed by atoms with van der Waals surface area (Å²) in [6, 6.07) is 5.23. The van der Waals surface area contributed by atoms with Crippen molar-refractivity contribution in [2.75, 3.05) is 10.8 Å². The first-order chi connectivity index (χ1) is 8.30. The van der Waals surface area contributed by atoms with Gasteiger partial charge in [0, 0.05) is 6.54 Å². The van der Waals surface area contributed by atoms with Crippen molar-refractivity contribution in [1.82, 2.24) is 0 Å². The number of hydrogen-bond donors (Lipinski definition) is 1. The summed E-state index contributed by atoms with van der Waals surface area (Å²) in [6.45, 7) is 3.35. The highest BCUT2D eigenvalue weighted by Gasteiger charge is 2.29. The fourth-order valence-corrected chi connectivity index (χ4v) is 3.27. The minimum atomic E-state index is -3.67. The molecular formula is C11H15FN2O2S2. The Labute approximate surface area is 112 Å². The van der Waals surface area contributed by atoms with E-state index in [0.29, 0.717) is 5.69 Å². The molecule has 1 rings (SSSR count). The summed E-state index contributed by atoms with van der Waals surface area (Å²) in [4.78, 5) is -0.0874. The summed E-state index contributed by atoms with van der Waals surface area (Å²) in [5.74, 6) is -0.422. The number of halogens is 1. The molecule has 0 saturated carbocycles. The smallest absolute Gasteiger partial charge is 0.244 e. The molecule has 1 atom stereocenters. The third kappa shape index (κ3) is 2.97. The molecule has 0 bridgehead atoms. The van der Waals surface area contributed by atoms with E-state index >= 15 is 0 Å². The van der Waals surface area contributed by atoms with Gasteiger partial charge in [-0.25, -0.2) is 12.8 Å². The molecule has 0 aliphatic heterocycles. The molecule has 4 nitrogen and oxygen atoms in total. The van der Waals surface area contributed by atoms with Crippen LogP contribution < -0.4 is 10.0 Å². The van der Waals surface area contributed by atoms with Gasteiger partial charge in [-0.3, -0.25) is 4.31 Å². The predicted molar refractivity (Wildman–Crippen MR) is 74.6 cm³/mol. The van der Waals surface area contributed by atoms with Crippen LogP contribution in [0.5, 0.6) is 0 Å². The summed E-state index contributed by atoms with van der Waals surface area (Å²) in [5, 5.41) is -0.961. The third-order valence-electron chi connectivity index (χ3n) is 2.56. The molecule has 0 spiro atoms. The Hall–Kier alpha value is -1.21. The average Bonchev–Trinajstić information content (AvgIpc) is 2.31. The minimum absolute atomic E-state index is 0.0874. The number of sulfonamides is 1. The lowest BCUT2D eigenvalue weighted by Crippen LogP contribution is -2.43. The number of nitrogens with zero attached hydrogens (tertiary/aromatic N) is 1. The van der Waals surface area contributed by atoms with E-state index in [1.165, 1.54) is 31.2 Å². The molecule has 0 radical (unpaired) electrons. The van der Waals surface area contributed by atoms with Crippen LogP contribution in [-0.4, -0.2) is 25.2 Å². The van der Waals surface area contributed by atoms with Crippen molar-refractivity contribution in [3.63, 3.8) is 0 Å². The van der Waals surface area contributed by atoms with Gasteiger partial charge < -0.3 is 5.73 Å². The fourth-order valence-electron chi connectivity index (χ4n) is 1.45. The normalized spacial score (nSPS) is 13.1. The number of thiocarbonyl (C=S) groups is 1. The SMILES string of the molecule is CCN(c1ccc(F)cc1)S(=O)(=O)C(C)C(N)=S. The zero-order valence-electron chi connectivity index (χ0n) is 10.1. The van der Waals surface area contributed by atoms with E-state index < -0.39 is 21.1 Å². The molecule has 0 aliphatic rings. The van der Waals surface area contributed by atoms with E-state index in [9.17, 15) is 12.8 Å². The van der Waals surface area contributed by atoms with Crippen molar-refractivity contribution >= 4 is 32.9 Å². The highest BCUT2D eigenvalue weighted by Crippen LogP contribution is 2.21. The van der Waals surface area contributed by atoms with Crippen LogP contribution in [0.1, 0.15) is 13.8 Å². The molecule has 18 heavy (non-hydrogen) atoms. The number of benzene rings is 1. The average molecular weight is 290 g/mol. The fraction of sp³-hybridized carbons (Fsp3) is 0.364. The van der Waals surface area contributed by atoms with E-state index in [2.05, 4.69) is 0 Å². The molecule has 0 fully saturated rings. The lowest BCUT2D eigenvalue weighted by Gasteiger charge is -2.26. The second kappa shape index (κ2) is 5.62. The lowest BCUT2D eigenvalue weighted by atomic mass is 10.3. The lowest BCUT2D eigenvalue weighted by molar-refractivity contribution is 0.588. The zero-order chi connectivity index (χ0) is 13.9.